The van der Waals surface area contributed by atoms with Crippen molar-refractivity contribution < 1.29 is 131 Å². The van der Waals surface area contributed by atoms with Crippen molar-refractivity contribution in [2.75, 3.05) is 66.8 Å². The number of halogens is 1. The molecule has 4 heterocycles. The van der Waals surface area contributed by atoms with Gasteiger partial charge in [-0.15, -0.1) is 0 Å². The number of carboxylic acid groups (broad SMARTS) is 2. The van der Waals surface area contributed by atoms with Crippen LogP contribution in [0, 0.1) is 34.2 Å². The summed E-state index contributed by atoms with van der Waals surface area (Å²) in [6.07, 6.45) is -16.7. The number of aliphatic carboxylic acids is 2. The van der Waals surface area contributed by atoms with E-state index < -0.39 is 181 Å². The van der Waals surface area contributed by atoms with Crippen molar-refractivity contribution in [3.63, 3.8) is 0 Å². The highest BCUT2D eigenvalue weighted by Gasteiger charge is 2.52. The number of allylic oxidation sites excluding steroid dienone is 3. The number of aliphatic hydroxyl groups excluding tert-OH is 4. The first-order valence-corrected chi connectivity index (χ1v) is 36.4. The number of nitrogens with two attached hydrogens (primary N) is 1. The number of benzene rings is 1. The maximum Gasteiger partial charge on any atom is 0.411 e. The molecule has 4 fully saturated rings. The van der Waals surface area contributed by atoms with Gasteiger partial charge in [-0.1, -0.05) is 70.0 Å². The first kappa shape index (κ1) is 82.8. The summed E-state index contributed by atoms with van der Waals surface area (Å²) >= 11 is 2.76. The van der Waals surface area contributed by atoms with E-state index in [0.717, 1.165) is 40.5 Å². The van der Waals surface area contributed by atoms with E-state index in [2.05, 4.69) is 50.4 Å². The van der Waals surface area contributed by atoms with Gasteiger partial charge in [0.15, 0.2) is 41.8 Å². The molecule has 1 aromatic carbocycles. The van der Waals surface area contributed by atoms with Crippen LogP contribution in [0.25, 0.3) is 0 Å². The minimum atomic E-state index is -2.31. The largest absolute Gasteiger partial charge is 0.492 e. The van der Waals surface area contributed by atoms with Crippen molar-refractivity contribution in [1.82, 2.24) is 26.7 Å². The van der Waals surface area contributed by atoms with Gasteiger partial charge < -0.3 is 114 Å². The van der Waals surface area contributed by atoms with Crippen LogP contribution < -0.4 is 46.7 Å². The molecule has 560 valence electrons. The van der Waals surface area contributed by atoms with E-state index in [-0.39, 0.29) is 83.8 Å². The second-order valence-corrected chi connectivity index (χ2v) is 28.6. The van der Waals surface area contributed by atoms with Crippen LogP contribution in [-0.4, -0.2) is 271 Å². The first-order valence-electron chi connectivity index (χ1n) is 31.9. The van der Waals surface area contributed by atoms with Crippen molar-refractivity contribution >= 4 is 96.7 Å². The summed E-state index contributed by atoms with van der Waals surface area (Å²) in [4.78, 5) is 96.9. The Morgan fingerprint density at radius 1 is 0.861 bits per heavy atom. The van der Waals surface area contributed by atoms with E-state index in [1.54, 1.807) is 27.7 Å². The van der Waals surface area contributed by atoms with Crippen LogP contribution in [-0.2, 0) is 71.4 Å². The lowest BCUT2D eigenvalue weighted by molar-refractivity contribution is -0.336. The SMILES string of the molecule is CCN[C@H]1CO[C@@H](O[C@H]2[C@H](O[C@H]3C#C/C=C\C#C[C@]4(O)CC(=O)C(NC(=O)OC)=C3/C4=C\CSSCC(NC(=O)CC[C@H](N)C(=O)O)C(=O)NCC(=O)O)O[C@H](C)[C@@H](NO[C@H]3C[C@H](O)[C@H](SC(=O)c4c(C)c(I)c(O[C@@H]5O[C@@H](C)[C@H](O)[C@@H](OC)[C@H]5O)c(OC)c4OC)[C@@H](C)O3)[C@@H]2O)C[C@@H]1OC. The fourth-order valence-electron chi connectivity index (χ4n) is 11.7. The number of hydrogen-bond acceptors (Lipinski definition) is 31. The van der Waals surface area contributed by atoms with Crippen molar-refractivity contribution in [2.45, 2.75) is 194 Å². The summed E-state index contributed by atoms with van der Waals surface area (Å²) in [6.45, 7) is 8.27. The molecular formula is C64H87IN6O27S3. The Balaban J connectivity index is 1.13. The molecule has 1 aromatic rings. The number of Topliss-reactive ketones (excluding diaryl/α,β-unsaturated/α-hetero) is 1. The van der Waals surface area contributed by atoms with Crippen LogP contribution >= 0.6 is 55.9 Å². The predicted molar refractivity (Wildman–Crippen MR) is 368 cm³/mol. The summed E-state index contributed by atoms with van der Waals surface area (Å²) < 4.78 is 72.6. The van der Waals surface area contributed by atoms with Gasteiger partial charge in [-0.05, 0) is 81.0 Å². The molecule has 2 aliphatic carbocycles. The van der Waals surface area contributed by atoms with Gasteiger partial charge in [-0.25, -0.2) is 4.79 Å². The molecule has 0 spiro atoms. The molecule has 37 heteroatoms. The second-order valence-electron chi connectivity index (χ2n) is 23.8. The molecule has 0 aromatic heterocycles. The molecule has 14 N–H and O–H groups in total. The van der Waals surface area contributed by atoms with E-state index >= 15 is 0 Å². The van der Waals surface area contributed by atoms with Crippen LogP contribution in [0.1, 0.15) is 75.7 Å². The number of rotatable bonds is 31. The van der Waals surface area contributed by atoms with Gasteiger partial charge in [0.2, 0.25) is 29.0 Å². The Hall–Kier alpha value is -5.45. The number of carboxylic acids is 2. The highest BCUT2D eigenvalue weighted by Crippen LogP contribution is 2.49. The summed E-state index contributed by atoms with van der Waals surface area (Å²) in [7, 11) is 8.67. The van der Waals surface area contributed by atoms with Gasteiger partial charge in [0.1, 0.15) is 55.3 Å². The molecule has 4 aliphatic heterocycles. The number of hydroxylamine groups is 1. The number of fused-ring (bicyclic) bond motifs is 2. The Bertz CT molecular complexity index is 3360. The third-order valence-corrected chi connectivity index (χ3v) is 22.0. The van der Waals surface area contributed by atoms with Gasteiger partial charge >= 0.3 is 18.0 Å². The number of nitrogens with one attached hydrogen (secondary N) is 5. The zero-order valence-electron chi connectivity index (χ0n) is 56.8. The highest BCUT2D eigenvalue weighted by atomic mass is 127. The number of thioether (sulfide) groups is 1. The Morgan fingerprint density at radius 3 is 2.23 bits per heavy atom. The molecule has 21 atom stereocenters. The molecule has 101 heavy (non-hydrogen) atoms. The zero-order valence-corrected chi connectivity index (χ0v) is 61.4. The Morgan fingerprint density at radius 2 is 1.57 bits per heavy atom. The number of ketones is 1. The smallest absolute Gasteiger partial charge is 0.411 e. The lowest BCUT2D eigenvalue weighted by Crippen LogP contribution is -2.65. The summed E-state index contributed by atoms with van der Waals surface area (Å²) in [5, 5.41) is 86.2. The van der Waals surface area contributed by atoms with E-state index in [4.69, 9.17) is 67.4 Å². The number of hydrogen-bond donors (Lipinski definition) is 13. The fraction of sp³-hybridized carbons (Fsp3) is 0.641. The number of methoxy groups -OCH3 is 5. The fourth-order valence-corrected chi connectivity index (χ4v) is 15.5. The normalized spacial score (nSPS) is 32.3. The van der Waals surface area contributed by atoms with Gasteiger partial charge in [0.25, 0.3) is 0 Å². The molecule has 6 aliphatic rings. The summed E-state index contributed by atoms with van der Waals surface area (Å²) in [6, 6.07) is -4.16. The monoisotopic (exact) mass is 1590 g/mol. The third kappa shape index (κ3) is 21.0. The van der Waals surface area contributed by atoms with Crippen molar-refractivity contribution in [3.05, 3.63) is 49.8 Å². The number of carbonyl (C=O) groups is 7. The minimum absolute atomic E-state index is 0.00185. The molecule has 4 saturated heterocycles. The maximum absolute atomic E-state index is 14.5. The topological polar surface area (TPSA) is 467 Å². The van der Waals surface area contributed by atoms with Gasteiger partial charge in [0.05, 0.1) is 97.0 Å². The highest BCUT2D eigenvalue weighted by molar-refractivity contribution is 14.1. The van der Waals surface area contributed by atoms with Crippen LogP contribution in [0.5, 0.6) is 17.2 Å². The third-order valence-electron chi connectivity index (χ3n) is 17.0. The number of amides is 3. The molecule has 7 rings (SSSR count). The molecule has 33 nitrogen and oxygen atoms in total. The van der Waals surface area contributed by atoms with Crippen molar-refractivity contribution in [2.24, 2.45) is 5.73 Å². The molecule has 0 radical (unpaired) electrons. The van der Waals surface area contributed by atoms with Crippen LogP contribution in [0.2, 0.25) is 0 Å². The molecule has 0 saturated carbocycles. The van der Waals surface area contributed by atoms with E-state index in [1.165, 1.54) is 46.7 Å². The number of alkyl carbamates (subject to hydrolysis) is 1. The van der Waals surface area contributed by atoms with Crippen molar-refractivity contribution in [3.8, 4) is 40.9 Å². The number of carbonyl (C=O) groups excluding carboxylic acids is 5. The van der Waals surface area contributed by atoms with E-state index in [1.807, 2.05) is 29.5 Å². The lowest BCUT2D eigenvalue weighted by Gasteiger charge is -2.46. The maximum atomic E-state index is 14.5. The Labute approximate surface area is 608 Å². The number of ether oxygens (including phenoxy) is 12. The van der Waals surface area contributed by atoms with Crippen LogP contribution in [0.15, 0.2) is 35.1 Å². The molecular weight excluding hydrogens is 1510 g/mol. The standard InChI is InChI=1S/C64H87IN6O27S3/c1-11-67-34-26-91-42(23-39(34)86-6)96-55-50(78)47(71-98-43-22-36(72)57(31(5)92-43)101-60(83)44-28(2)46(65)53(56(89-9)52(44)87-7)97-61-51(79)54(88-8)49(77)30(4)94-61)29(3)93-62(55)95-38-16-14-12-13-15-20-64(85)24-37(73)48(70-63(84)90-10)45(38)32(64)19-21-99-100-27-35(58(80)68-25-41(75)76)69-40(74)18-17-33(66)59(81)82/h12-13,19,29-31,33-36,38-39,42-43,47,49-51,54-55,57,61-62,67,71-72,77-79,85H,11,17-18,21-27,66H2,1-10H3,(H,68,80)(H,69,74)(H,70,84)(H,75,76)(H,81,82)/b13-12-,32-19+/t29-,30+,31-,33+,34+,35?,36+,38+,39+,42+,43+,47-,49+,50+,51-,54-,55-,57-,61+,62+,64+/m1/s1. The van der Waals surface area contributed by atoms with Gasteiger partial charge in [0, 0.05) is 56.1 Å². The molecule has 2 bridgehead atoms. The average molecular weight is 1600 g/mol. The molecule has 1 unspecified atom stereocenters. The quantitative estimate of drug-likeness (QED) is 0.0150. The Kier molecular flexibility index (Phi) is 31.6. The summed E-state index contributed by atoms with van der Waals surface area (Å²) in [5.41, 5.74) is 5.86. The average Bonchev–Trinajstić information content (AvgIpc) is 0.758. The van der Waals surface area contributed by atoms with Crippen molar-refractivity contribution in [1.29, 1.82) is 0 Å². The number of aliphatic hydroxyl groups is 5. The lowest BCUT2D eigenvalue weighted by atomic mass is 9.75. The van der Waals surface area contributed by atoms with Crippen LogP contribution in [0.4, 0.5) is 4.79 Å². The summed E-state index contributed by atoms with van der Waals surface area (Å²) in [5.74, 6) is 5.85. The van der Waals surface area contributed by atoms with E-state index in [0.29, 0.717) is 15.7 Å². The molecule has 3 amide bonds. The zero-order chi connectivity index (χ0) is 74.2. The second kappa shape index (κ2) is 38.5. The minimum Gasteiger partial charge on any atom is -0.492 e. The van der Waals surface area contributed by atoms with Gasteiger partial charge in [-0.2, -0.15) is 5.48 Å². The van der Waals surface area contributed by atoms with Gasteiger partial charge in [-0.3, -0.25) is 38.9 Å². The number of likely N-dealkylation sites (N-methyl/N-ethyl adjacent to an activating group) is 1. The first-order chi connectivity index (χ1) is 48.0. The predicted octanol–water partition coefficient (Wildman–Crippen LogP) is -0.203. The van der Waals surface area contributed by atoms with E-state index in [9.17, 15) is 69.3 Å². The van der Waals surface area contributed by atoms with Crippen LogP contribution in [0.3, 0.4) is 0 Å².